The summed E-state index contributed by atoms with van der Waals surface area (Å²) in [4.78, 5) is 56.3. The first kappa shape index (κ1) is 30.7. The predicted octanol–water partition coefficient (Wildman–Crippen LogP) is 3.15. The van der Waals surface area contributed by atoms with E-state index in [4.69, 9.17) is 0 Å². The average Bonchev–Trinajstić information content (AvgIpc) is 3.72. The van der Waals surface area contributed by atoms with E-state index >= 15 is 0 Å². The molecular weight excluding hydrogens is 605 g/mol. The summed E-state index contributed by atoms with van der Waals surface area (Å²) in [5.74, 6) is 0. The summed E-state index contributed by atoms with van der Waals surface area (Å²) in [5.41, 5.74) is 4.35. The SMILES string of the molecule is CCn1c(=O)c(-c2cnc[nH]2)cc2c(C)nc(S(C)(=O)=O)nc21.CCn1c(=O)c(-c2cnc[nH]2)cc2c(C)nc(SC)nc21. The third-order valence-corrected chi connectivity index (χ3v) is 8.35. The number of pyridine rings is 2. The number of fused-ring (bicyclic) bond motifs is 2. The summed E-state index contributed by atoms with van der Waals surface area (Å²) in [6, 6.07) is 3.51. The van der Waals surface area contributed by atoms with Crippen molar-refractivity contribution < 1.29 is 8.42 Å². The van der Waals surface area contributed by atoms with E-state index in [1.807, 2.05) is 26.2 Å². The minimum atomic E-state index is -3.56. The maximum Gasteiger partial charge on any atom is 0.261 e. The number of aromatic amines is 2. The maximum atomic E-state index is 12.7. The summed E-state index contributed by atoms with van der Waals surface area (Å²) in [7, 11) is -3.56. The second-order valence-electron chi connectivity index (χ2n) is 9.78. The number of nitrogens with one attached hydrogen (secondary N) is 2. The number of sulfone groups is 1. The lowest BCUT2D eigenvalue weighted by molar-refractivity contribution is 0.592. The Kier molecular flexibility index (Phi) is 8.47. The topological polar surface area (TPSA) is 187 Å². The number of hydrogen-bond donors (Lipinski definition) is 2. The van der Waals surface area contributed by atoms with E-state index in [2.05, 4.69) is 39.9 Å². The van der Waals surface area contributed by atoms with E-state index in [0.717, 1.165) is 17.3 Å². The van der Waals surface area contributed by atoms with E-state index in [1.54, 1.807) is 43.2 Å². The Morgan fingerprint density at radius 1 is 0.773 bits per heavy atom. The number of nitrogens with zero attached hydrogens (tertiary/aromatic N) is 8. The van der Waals surface area contributed by atoms with Crippen LogP contribution < -0.4 is 11.1 Å². The van der Waals surface area contributed by atoms with Crippen LogP contribution in [-0.4, -0.2) is 69.9 Å². The van der Waals surface area contributed by atoms with Crippen molar-refractivity contribution in [1.82, 2.24) is 49.0 Å². The second kappa shape index (κ2) is 12.1. The van der Waals surface area contributed by atoms with Crippen LogP contribution in [0, 0.1) is 13.8 Å². The number of H-pyrrole nitrogens is 2. The van der Waals surface area contributed by atoms with E-state index < -0.39 is 9.84 Å². The molecule has 16 heteroatoms. The van der Waals surface area contributed by atoms with E-state index in [-0.39, 0.29) is 16.3 Å². The van der Waals surface area contributed by atoms with Gasteiger partial charge in [-0.1, -0.05) is 11.8 Å². The van der Waals surface area contributed by atoms with Crippen LogP contribution in [-0.2, 0) is 22.9 Å². The van der Waals surface area contributed by atoms with E-state index in [0.29, 0.717) is 63.1 Å². The Hall–Kier alpha value is -4.70. The summed E-state index contributed by atoms with van der Waals surface area (Å²) in [6.45, 7) is 8.28. The van der Waals surface area contributed by atoms with Crippen molar-refractivity contribution >= 4 is 43.7 Å². The highest BCUT2D eigenvalue weighted by atomic mass is 32.2. The first-order valence-corrected chi connectivity index (χ1v) is 16.7. The molecule has 6 aromatic rings. The molecule has 228 valence electrons. The van der Waals surface area contributed by atoms with Gasteiger partial charge in [-0.3, -0.25) is 18.7 Å². The van der Waals surface area contributed by atoms with Crippen molar-refractivity contribution in [3.05, 3.63) is 69.3 Å². The summed E-state index contributed by atoms with van der Waals surface area (Å²) in [6.07, 6.45) is 9.23. The molecular formula is C28H30N10O4S2. The van der Waals surface area contributed by atoms with Crippen LogP contribution in [0.3, 0.4) is 0 Å². The van der Waals surface area contributed by atoms with Gasteiger partial charge in [-0.15, -0.1) is 0 Å². The highest BCUT2D eigenvalue weighted by Gasteiger charge is 2.19. The Balaban J connectivity index is 0.000000175. The van der Waals surface area contributed by atoms with Gasteiger partial charge in [-0.05, 0) is 46.1 Å². The molecule has 6 aromatic heterocycles. The molecule has 6 heterocycles. The minimum absolute atomic E-state index is 0.0700. The molecule has 44 heavy (non-hydrogen) atoms. The molecule has 0 spiro atoms. The Labute approximate surface area is 256 Å². The largest absolute Gasteiger partial charge is 0.344 e. The predicted molar refractivity (Wildman–Crippen MR) is 168 cm³/mol. The van der Waals surface area contributed by atoms with E-state index in [1.165, 1.54) is 22.7 Å². The van der Waals surface area contributed by atoms with Gasteiger partial charge in [0.15, 0.2) is 5.16 Å². The quantitative estimate of drug-likeness (QED) is 0.202. The lowest BCUT2D eigenvalue weighted by Crippen LogP contribution is -2.23. The molecule has 0 saturated carbocycles. The highest BCUT2D eigenvalue weighted by Crippen LogP contribution is 2.23. The normalized spacial score (nSPS) is 11.6. The first-order chi connectivity index (χ1) is 21.0. The van der Waals surface area contributed by atoms with Crippen LogP contribution >= 0.6 is 11.8 Å². The van der Waals surface area contributed by atoms with Crippen LogP contribution in [0.15, 0.2) is 57.1 Å². The van der Waals surface area contributed by atoms with Gasteiger partial charge in [0.1, 0.15) is 11.3 Å². The van der Waals surface area contributed by atoms with Gasteiger partial charge in [-0.25, -0.2) is 33.3 Å². The van der Waals surface area contributed by atoms with E-state index in [9.17, 15) is 18.0 Å². The highest BCUT2D eigenvalue weighted by molar-refractivity contribution is 7.98. The molecule has 0 amide bonds. The molecule has 0 aliphatic rings. The third kappa shape index (κ3) is 5.65. The number of aromatic nitrogens is 10. The number of rotatable bonds is 6. The third-order valence-electron chi connectivity index (χ3n) is 6.95. The summed E-state index contributed by atoms with van der Waals surface area (Å²) >= 11 is 1.47. The van der Waals surface area contributed by atoms with Gasteiger partial charge in [0, 0.05) is 30.1 Å². The lowest BCUT2D eigenvalue weighted by atomic mass is 10.1. The molecule has 0 atom stereocenters. The lowest BCUT2D eigenvalue weighted by Gasteiger charge is -2.12. The molecule has 0 bridgehead atoms. The second-order valence-corrected chi connectivity index (χ2v) is 12.5. The molecule has 0 aromatic carbocycles. The van der Waals surface area contributed by atoms with Gasteiger partial charge in [0.25, 0.3) is 11.1 Å². The van der Waals surface area contributed by atoms with Crippen molar-refractivity contribution in [1.29, 1.82) is 0 Å². The Morgan fingerprint density at radius 3 is 1.66 bits per heavy atom. The van der Waals surface area contributed by atoms with Crippen molar-refractivity contribution in [2.45, 2.75) is 51.1 Å². The van der Waals surface area contributed by atoms with Crippen LogP contribution in [0.1, 0.15) is 25.2 Å². The minimum Gasteiger partial charge on any atom is -0.344 e. The standard InChI is InChI=1S/C14H15N5O3S.C14H15N5OS/c1-4-19-12-9(8(2)17-14(18-12)23(3,21)22)5-10(13(19)20)11-6-15-7-16-11;1-4-19-12-9(8(2)17-14(18-12)21-3)5-10(13(19)20)11-6-15-7-16-11/h5-7H,4H2,1-3H3,(H,15,16);5-7H,4H2,1-3H3,(H,15,16). The smallest absolute Gasteiger partial charge is 0.261 e. The van der Waals surface area contributed by atoms with Crippen molar-refractivity contribution in [2.24, 2.45) is 0 Å². The van der Waals surface area contributed by atoms with Crippen LogP contribution in [0.2, 0.25) is 0 Å². The molecule has 14 nitrogen and oxygen atoms in total. The summed E-state index contributed by atoms with van der Waals surface area (Å²) < 4.78 is 26.6. The molecule has 0 unspecified atom stereocenters. The Bertz CT molecular complexity index is 2220. The van der Waals surface area contributed by atoms with Crippen molar-refractivity contribution in [3.63, 3.8) is 0 Å². The summed E-state index contributed by atoms with van der Waals surface area (Å²) in [5, 5.41) is 1.91. The van der Waals surface area contributed by atoms with Gasteiger partial charge < -0.3 is 9.97 Å². The van der Waals surface area contributed by atoms with Crippen LogP contribution in [0.4, 0.5) is 0 Å². The molecule has 0 saturated heterocycles. The Morgan fingerprint density at radius 2 is 1.25 bits per heavy atom. The zero-order valence-corrected chi connectivity index (χ0v) is 26.5. The van der Waals surface area contributed by atoms with Crippen molar-refractivity contribution in [2.75, 3.05) is 12.5 Å². The van der Waals surface area contributed by atoms with Crippen LogP contribution in [0.25, 0.3) is 44.6 Å². The fourth-order valence-electron chi connectivity index (χ4n) is 4.76. The molecule has 2 N–H and O–H groups in total. The molecule has 0 radical (unpaired) electrons. The molecule has 0 aliphatic heterocycles. The fourth-order valence-corrected chi connectivity index (χ4v) is 5.72. The zero-order valence-electron chi connectivity index (χ0n) is 24.9. The van der Waals surface area contributed by atoms with Gasteiger partial charge in [-0.2, -0.15) is 4.98 Å². The average molecular weight is 635 g/mol. The number of imidazole rings is 2. The fraction of sp³-hybridized carbons (Fsp3) is 0.286. The molecule has 6 rings (SSSR count). The monoisotopic (exact) mass is 634 g/mol. The molecule has 0 fully saturated rings. The first-order valence-electron chi connectivity index (χ1n) is 13.5. The number of hydrogen-bond acceptors (Lipinski definition) is 11. The number of aryl methyl sites for hydroxylation is 4. The maximum absolute atomic E-state index is 12.7. The van der Waals surface area contributed by atoms with Gasteiger partial charge in [0.05, 0.1) is 59.0 Å². The van der Waals surface area contributed by atoms with Crippen LogP contribution in [0.5, 0.6) is 0 Å². The van der Waals surface area contributed by atoms with Gasteiger partial charge in [0.2, 0.25) is 15.0 Å². The number of thioether (sulfide) groups is 1. The molecule has 0 aliphatic carbocycles. The van der Waals surface area contributed by atoms with Crippen molar-refractivity contribution in [3.8, 4) is 22.5 Å². The van der Waals surface area contributed by atoms with Gasteiger partial charge >= 0.3 is 0 Å². The zero-order chi connectivity index (χ0) is 31.8.